The number of nitrogens with zero attached hydrogens (tertiary/aromatic N) is 4. The van der Waals surface area contributed by atoms with Crippen LogP contribution in [-0.2, 0) is 9.53 Å². The molecular formula is C23H28F3N7O2. The maximum Gasteiger partial charge on any atom is 0.224 e. The Balaban J connectivity index is 0.00000289. The molecule has 35 heavy (non-hydrogen) atoms. The molecule has 0 radical (unpaired) electrons. The van der Waals surface area contributed by atoms with Crippen molar-refractivity contribution in [2.75, 3.05) is 23.8 Å². The third-order valence-electron chi connectivity index (χ3n) is 6.41. The molecule has 1 saturated heterocycles. The van der Waals surface area contributed by atoms with Crippen molar-refractivity contribution in [1.82, 2.24) is 19.5 Å². The van der Waals surface area contributed by atoms with E-state index in [4.69, 9.17) is 10.5 Å². The van der Waals surface area contributed by atoms with Crippen molar-refractivity contribution >= 4 is 34.7 Å². The minimum absolute atomic E-state index is 0. The van der Waals surface area contributed by atoms with Gasteiger partial charge in [0.15, 0.2) is 17.3 Å². The fourth-order valence-electron chi connectivity index (χ4n) is 4.60. The summed E-state index contributed by atoms with van der Waals surface area (Å²) in [5.41, 5.74) is 5.81. The molecule has 3 heterocycles. The van der Waals surface area contributed by atoms with Crippen molar-refractivity contribution in [3.63, 3.8) is 0 Å². The summed E-state index contributed by atoms with van der Waals surface area (Å²) in [6.45, 7) is 0.917. The van der Waals surface area contributed by atoms with Gasteiger partial charge in [-0.3, -0.25) is 9.36 Å². The molecule has 0 bridgehead atoms. The third kappa shape index (κ3) is 5.02. The number of carbonyl (C=O) groups excluding carboxylic acids is 1. The van der Waals surface area contributed by atoms with Gasteiger partial charge in [0, 0.05) is 30.7 Å². The average molecular weight is 492 g/mol. The van der Waals surface area contributed by atoms with Crippen LogP contribution in [0.4, 0.5) is 30.8 Å². The Labute approximate surface area is 200 Å². The molecule has 1 aliphatic carbocycles. The van der Waals surface area contributed by atoms with Gasteiger partial charge in [0.2, 0.25) is 17.8 Å². The zero-order chi connectivity index (χ0) is 23.8. The number of nitrogens with two attached hydrogens (primary N) is 1. The van der Waals surface area contributed by atoms with Gasteiger partial charge in [0.05, 0.1) is 18.8 Å². The zero-order valence-corrected chi connectivity index (χ0v) is 18.2. The molecule has 9 nitrogen and oxygen atoms in total. The number of benzene rings is 1. The Morgan fingerprint density at radius 2 is 1.80 bits per heavy atom. The van der Waals surface area contributed by atoms with Crippen LogP contribution >= 0.6 is 0 Å². The number of imidazole rings is 1. The van der Waals surface area contributed by atoms with E-state index in [-0.39, 0.29) is 37.3 Å². The predicted molar refractivity (Wildman–Crippen MR) is 125 cm³/mol. The number of halogens is 3. The molecule has 1 aliphatic heterocycles. The van der Waals surface area contributed by atoms with E-state index >= 15 is 0 Å². The fourth-order valence-corrected chi connectivity index (χ4v) is 4.60. The van der Waals surface area contributed by atoms with Gasteiger partial charge in [0.1, 0.15) is 17.0 Å². The van der Waals surface area contributed by atoms with Crippen LogP contribution in [0.2, 0.25) is 0 Å². The Bertz CT molecular complexity index is 1200. The van der Waals surface area contributed by atoms with Crippen LogP contribution in [0.1, 0.15) is 45.6 Å². The molecule has 1 saturated carbocycles. The van der Waals surface area contributed by atoms with Gasteiger partial charge in [-0.1, -0.05) is 7.43 Å². The van der Waals surface area contributed by atoms with Gasteiger partial charge in [-0.15, -0.1) is 0 Å². The van der Waals surface area contributed by atoms with Gasteiger partial charge in [-0.25, -0.2) is 23.1 Å². The summed E-state index contributed by atoms with van der Waals surface area (Å²) >= 11 is 0. The second-order valence-corrected chi connectivity index (χ2v) is 8.69. The van der Waals surface area contributed by atoms with Gasteiger partial charge >= 0.3 is 0 Å². The Morgan fingerprint density at radius 1 is 1.09 bits per heavy atom. The number of primary amides is 1. The Morgan fingerprint density at radius 3 is 2.43 bits per heavy atom. The maximum absolute atomic E-state index is 14.3. The summed E-state index contributed by atoms with van der Waals surface area (Å²) in [6, 6.07) is 1.14. The van der Waals surface area contributed by atoms with Crippen LogP contribution in [-0.4, -0.2) is 44.7 Å². The van der Waals surface area contributed by atoms with Gasteiger partial charge < -0.3 is 21.1 Å². The van der Waals surface area contributed by atoms with Crippen molar-refractivity contribution in [1.29, 1.82) is 0 Å². The summed E-state index contributed by atoms with van der Waals surface area (Å²) in [7, 11) is 0. The number of hydrogen-bond acceptors (Lipinski definition) is 7. The summed E-state index contributed by atoms with van der Waals surface area (Å²) < 4.78 is 49.2. The van der Waals surface area contributed by atoms with Crippen molar-refractivity contribution < 1.29 is 22.7 Å². The molecule has 4 N–H and O–H groups in total. The molecule has 2 aromatic heterocycles. The second kappa shape index (κ2) is 10.1. The maximum atomic E-state index is 14.3. The average Bonchev–Trinajstić information content (AvgIpc) is 3.43. The van der Waals surface area contributed by atoms with Crippen LogP contribution in [0, 0.1) is 23.4 Å². The molecule has 1 amide bonds. The third-order valence-corrected chi connectivity index (χ3v) is 6.41. The van der Waals surface area contributed by atoms with Crippen LogP contribution in [0.5, 0.6) is 0 Å². The smallest absolute Gasteiger partial charge is 0.224 e. The number of fused-ring (bicyclic) bond motifs is 1. The van der Waals surface area contributed by atoms with Crippen LogP contribution in [0.25, 0.3) is 11.2 Å². The van der Waals surface area contributed by atoms with Crippen molar-refractivity contribution in [2.45, 2.75) is 51.6 Å². The molecular weight excluding hydrogens is 463 g/mol. The first kappa shape index (κ1) is 24.7. The fraction of sp³-hybridized carbons (Fsp3) is 0.478. The molecule has 12 heteroatoms. The highest BCUT2D eigenvalue weighted by Gasteiger charge is 2.28. The number of rotatable bonds is 6. The summed E-state index contributed by atoms with van der Waals surface area (Å²) in [5.74, 6) is -2.98. The van der Waals surface area contributed by atoms with Crippen LogP contribution < -0.4 is 16.4 Å². The van der Waals surface area contributed by atoms with E-state index in [0.717, 1.165) is 12.8 Å². The number of anilines is 3. The van der Waals surface area contributed by atoms with E-state index in [0.29, 0.717) is 61.7 Å². The number of amides is 1. The summed E-state index contributed by atoms with van der Waals surface area (Å²) in [5, 5.41) is 5.97. The van der Waals surface area contributed by atoms with Crippen molar-refractivity contribution in [2.24, 2.45) is 11.7 Å². The molecule has 3 aromatic rings. The monoisotopic (exact) mass is 491 g/mol. The van der Waals surface area contributed by atoms with Gasteiger partial charge in [-0.2, -0.15) is 4.98 Å². The number of hydrogen-bond donors (Lipinski definition) is 3. The molecule has 1 atom stereocenters. The van der Waals surface area contributed by atoms with Crippen molar-refractivity contribution in [3.05, 3.63) is 35.8 Å². The molecule has 5 rings (SSSR count). The highest BCUT2D eigenvalue weighted by atomic mass is 19.1. The molecule has 0 spiro atoms. The Hall–Kier alpha value is -3.41. The van der Waals surface area contributed by atoms with E-state index in [1.54, 1.807) is 4.57 Å². The van der Waals surface area contributed by atoms with E-state index in [1.165, 1.54) is 6.20 Å². The molecule has 2 aliphatic rings. The minimum atomic E-state index is -1.07. The van der Waals surface area contributed by atoms with Crippen LogP contribution in [0.15, 0.2) is 18.3 Å². The number of carbonyl (C=O) groups is 1. The lowest BCUT2D eigenvalue weighted by molar-refractivity contribution is -0.122. The quantitative estimate of drug-likeness (QED) is 0.476. The minimum Gasteiger partial charge on any atom is -0.379 e. The normalized spacial score (nSPS) is 22.1. The first-order valence-corrected chi connectivity index (χ1v) is 11.2. The molecule has 188 valence electrons. The van der Waals surface area contributed by atoms with E-state index < -0.39 is 23.1 Å². The van der Waals surface area contributed by atoms with Crippen LogP contribution in [0.3, 0.4) is 0 Å². The number of aromatic nitrogens is 4. The van der Waals surface area contributed by atoms with E-state index in [2.05, 4.69) is 25.6 Å². The highest BCUT2D eigenvalue weighted by Crippen LogP contribution is 2.32. The zero-order valence-electron chi connectivity index (χ0n) is 18.2. The molecule has 2 fully saturated rings. The SMILES string of the molecule is C.NC(=O)C1CCC(Nc2ncc3nc(Nc4c(F)cc(F)cc4F)n([C@H]4CCOC4)c3n2)CC1. The number of nitrogens with one attached hydrogen (secondary N) is 2. The standard InChI is InChI=1S/C22H24F3N7O2.CH4/c23-12-7-15(24)18(16(25)8-12)30-22-29-17-9-27-21(28-13-3-1-11(2-4-13)19(26)33)31-20(17)32(22)14-5-6-34-10-14;/h7-9,11,13-14H,1-6,10H2,(H2,26,33)(H,29,30)(H,27,28,31);1H4/t11?,13?,14-;/m0./s1. The lowest BCUT2D eigenvalue weighted by Gasteiger charge is -2.27. The second-order valence-electron chi connectivity index (χ2n) is 8.69. The molecule has 1 aromatic carbocycles. The number of ether oxygens (including phenoxy) is 1. The lowest BCUT2D eigenvalue weighted by Crippen LogP contribution is -2.32. The summed E-state index contributed by atoms with van der Waals surface area (Å²) in [6.07, 6.45) is 5.14. The highest BCUT2D eigenvalue weighted by molar-refractivity contribution is 5.77. The largest absolute Gasteiger partial charge is 0.379 e. The van der Waals surface area contributed by atoms with Crippen molar-refractivity contribution in [3.8, 4) is 0 Å². The first-order chi connectivity index (χ1) is 16.4. The van der Waals surface area contributed by atoms with Gasteiger partial charge in [-0.05, 0) is 32.1 Å². The topological polar surface area (TPSA) is 120 Å². The predicted octanol–water partition coefficient (Wildman–Crippen LogP) is 4.04. The summed E-state index contributed by atoms with van der Waals surface area (Å²) in [4.78, 5) is 24.8. The van der Waals surface area contributed by atoms with E-state index in [1.807, 2.05) is 0 Å². The van der Waals surface area contributed by atoms with E-state index in [9.17, 15) is 18.0 Å². The lowest BCUT2D eigenvalue weighted by atomic mass is 9.86. The Kier molecular flexibility index (Phi) is 7.10. The van der Waals surface area contributed by atoms with Gasteiger partial charge in [0.25, 0.3) is 0 Å². The molecule has 0 unspecified atom stereocenters. The first-order valence-electron chi connectivity index (χ1n) is 11.2.